The monoisotopic (exact) mass is 323 g/mol. The van der Waals surface area contributed by atoms with Gasteiger partial charge >= 0.3 is 0 Å². The van der Waals surface area contributed by atoms with Crippen molar-refractivity contribution in [2.75, 3.05) is 6.54 Å². The predicted molar refractivity (Wildman–Crippen MR) is 84.6 cm³/mol. The molecular formula is C15H21N3O3S. The quantitative estimate of drug-likeness (QED) is 0.727. The highest BCUT2D eigenvalue weighted by atomic mass is 32.1. The normalized spacial score (nSPS) is 18.9. The zero-order valence-corrected chi connectivity index (χ0v) is 13.5. The lowest BCUT2D eigenvalue weighted by atomic mass is 10.0. The number of amides is 3. The van der Waals surface area contributed by atoms with Gasteiger partial charge < -0.3 is 16.0 Å². The molecule has 1 aliphatic heterocycles. The molecule has 0 radical (unpaired) electrons. The Morgan fingerprint density at radius 1 is 1.45 bits per heavy atom. The van der Waals surface area contributed by atoms with Crippen molar-refractivity contribution in [3.63, 3.8) is 0 Å². The van der Waals surface area contributed by atoms with Gasteiger partial charge in [-0.25, -0.2) is 0 Å². The fraction of sp³-hybridized carbons (Fsp3) is 0.533. The number of thiophene rings is 1. The van der Waals surface area contributed by atoms with Crippen molar-refractivity contribution in [1.82, 2.24) is 16.0 Å². The molecule has 120 valence electrons. The van der Waals surface area contributed by atoms with E-state index in [1.165, 1.54) is 11.3 Å². The van der Waals surface area contributed by atoms with Crippen molar-refractivity contribution < 1.29 is 14.4 Å². The van der Waals surface area contributed by atoms with E-state index in [9.17, 15) is 14.4 Å². The van der Waals surface area contributed by atoms with Gasteiger partial charge in [0.15, 0.2) is 0 Å². The van der Waals surface area contributed by atoms with Crippen LogP contribution in [0.15, 0.2) is 17.5 Å². The summed E-state index contributed by atoms with van der Waals surface area (Å²) >= 11 is 1.34. The lowest BCUT2D eigenvalue weighted by molar-refractivity contribution is -0.124. The van der Waals surface area contributed by atoms with Crippen molar-refractivity contribution in [1.29, 1.82) is 0 Å². The highest BCUT2D eigenvalue weighted by Crippen LogP contribution is 2.11. The first kappa shape index (κ1) is 16.5. The summed E-state index contributed by atoms with van der Waals surface area (Å²) in [7, 11) is 0. The molecule has 6 nitrogen and oxygen atoms in total. The van der Waals surface area contributed by atoms with Crippen LogP contribution in [0.5, 0.6) is 0 Å². The maximum Gasteiger partial charge on any atom is 0.262 e. The van der Waals surface area contributed by atoms with Crippen LogP contribution in [0, 0.1) is 5.92 Å². The van der Waals surface area contributed by atoms with Gasteiger partial charge in [-0.1, -0.05) is 19.9 Å². The van der Waals surface area contributed by atoms with Crippen LogP contribution in [0.1, 0.15) is 36.4 Å². The summed E-state index contributed by atoms with van der Waals surface area (Å²) in [5, 5.41) is 10.2. The molecule has 3 amide bonds. The van der Waals surface area contributed by atoms with E-state index in [0.717, 1.165) is 6.42 Å². The molecule has 0 bridgehead atoms. The van der Waals surface area contributed by atoms with Crippen molar-refractivity contribution in [2.24, 2.45) is 5.92 Å². The lowest BCUT2D eigenvalue weighted by Crippen LogP contribution is -2.51. The fourth-order valence-corrected chi connectivity index (χ4v) is 2.95. The molecular weight excluding hydrogens is 302 g/mol. The molecule has 1 aromatic heterocycles. The van der Waals surface area contributed by atoms with Crippen LogP contribution >= 0.6 is 11.3 Å². The second-order valence-corrected chi connectivity index (χ2v) is 6.67. The maximum absolute atomic E-state index is 12.3. The molecule has 2 heterocycles. The van der Waals surface area contributed by atoms with Crippen molar-refractivity contribution in [3.05, 3.63) is 22.4 Å². The number of nitrogens with one attached hydrogen (secondary N) is 3. The number of hydrogen-bond donors (Lipinski definition) is 3. The van der Waals surface area contributed by atoms with Crippen LogP contribution in [0.2, 0.25) is 0 Å². The van der Waals surface area contributed by atoms with E-state index in [1.807, 2.05) is 19.2 Å². The van der Waals surface area contributed by atoms with E-state index >= 15 is 0 Å². The largest absolute Gasteiger partial charge is 0.352 e. The van der Waals surface area contributed by atoms with Gasteiger partial charge in [-0.15, -0.1) is 11.3 Å². The Labute approximate surface area is 133 Å². The molecule has 1 saturated heterocycles. The minimum atomic E-state index is -0.591. The van der Waals surface area contributed by atoms with Crippen LogP contribution in [0.25, 0.3) is 0 Å². The predicted octanol–water partition coefficient (Wildman–Crippen LogP) is 0.897. The number of carbonyl (C=O) groups is 3. The molecule has 0 aliphatic carbocycles. The molecule has 1 fully saturated rings. The van der Waals surface area contributed by atoms with Crippen LogP contribution in [0.3, 0.4) is 0 Å². The topological polar surface area (TPSA) is 87.3 Å². The smallest absolute Gasteiger partial charge is 0.262 e. The average Bonchev–Trinajstić information content (AvgIpc) is 3.13. The van der Waals surface area contributed by atoms with Gasteiger partial charge in [0.2, 0.25) is 11.8 Å². The van der Waals surface area contributed by atoms with Gasteiger partial charge in [-0.2, -0.15) is 0 Å². The summed E-state index contributed by atoms with van der Waals surface area (Å²) in [5.74, 6) is -0.466. The average molecular weight is 323 g/mol. The maximum atomic E-state index is 12.3. The van der Waals surface area contributed by atoms with Crippen molar-refractivity contribution in [2.45, 2.75) is 38.8 Å². The Kier molecular flexibility index (Phi) is 5.54. The Balaban J connectivity index is 1.88. The number of hydrogen-bond acceptors (Lipinski definition) is 4. The van der Waals surface area contributed by atoms with E-state index < -0.39 is 6.04 Å². The molecule has 1 aliphatic rings. The molecule has 0 aromatic carbocycles. The molecule has 0 saturated carbocycles. The van der Waals surface area contributed by atoms with Gasteiger partial charge in [0, 0.05) is 19.0 Å². The zero-order valence-electron chi connectivity index (χ0n) is 12.7. The second kappa shape index (κ2) is 7.40. The zero-order chi connectivity index (χ0) is 16.1. The molecule has 3 N–H and O–H groups in total. The Bertz CT molecular complexity index is 542. The third-order valence-corrected chi connectivity index (χ3v) is 4.46. The number of carbonyl (C=O) groups excluding carboxylic acids is 3. The Morgan fingerprint density at radius 3 is 2.77 bits per heavy atom. The van der Waals surface area contributed by atoms with E-state index in [4.69, 9.17) is 0 Å². The van der Waals surface area contributed by atoms with Gasteiger partial charge in [0.1, 0.15) is 6.04 Å². The van der Waals surface area contributed by atoms with Gasteiger partial charge in [-0.05, 0) is 23.8 Å². The minimum Gasteiger partial charge on any atom is -0.352 e. The molecule has 1 aromatic rings. The van der Waals surface area contributed by atoms with Gasteiger partial charge in [-0.3, -0.25) is 14.4 Å². The fourth-order valence-electron chi connectivity index (χ4n) is 2.32. The van der Waals surface area contributed by atoms with Crippen LogP contribution < -0.4 is 16.0 Å². The molecule has 2 atom stereocenters. The summed E-state index contributed by atoms with van der Waals surface area (Å²) in [4.78, 5) is 36.1. The minimum absolute atomic E-state index is 0.0164. The summed E-state index contributed by atoms with van der Waals surface area (Å²) in [6.45, 7) is 4.16. The molecule has 22 heavy (non-hydrogen) atoms. The molecule has 0 unspecified atom stereocenters. The Morgan fingerprint density at radius 2 is 2.23 bits per heavy atom. The third-order valence-electron chi connectivity index (χ3n) is 3.59. The highest BCUT2D eigenvalue weighted by Gasteiger charge is 2.27. The van der Waals surface area contributed by atoms with Crippen molar-refractivity contribution in [3.8, 4) is 0 Å². The first-order valence-corrected chi connectivity index (χ1v) is 8.26. The first-order chi connectivity index (χ1) is 10.5. The SMILES string of the molecule is CC(C)[C@H](NC(=O)c1cccs1)C(=O)NC[C@@H]1CCC(=O)N1. The van der Waals surface area contributed by atoms with E-state index in [-0.39, 0.29) is 29.7 Å². The molecule has 7 heteroatoms. The van der Waals surface area contributed by atoms with Gasteiger partial charge in [0.25, 0.3) is 5.91 Å². The number of rotatable bonds is 6. The molecule has 0 spiro atoms. The first-order valence-electron chi connectivity index (χ1n) is 7.39. The van der Waals surface area contributed by atoms with Crippen LogP contribution in [0.4, 0.5) is 0 Å². The standard InChI is InChI=1S/C15H21N3O3S/c1-9(2)13(18-14(20)11-4-3-7-22-11)15(21)16-8-10-5-6-12(19)17-10/h3-4,7,9-10,13H,5-6,8H2,1-2H3,(H,16,21)(H,17,19)(H,18,20)/t10-,13-/m0/s1. The van der Waals surface area contributed by atoms with Crippen LogP contribution in [-0.2, 0) is 9.59 Å². The third kappa shape index (κ3) is 4.30. The van der Waals surface area contributed by atoms with Crippen molar-refractivity contribution >= 4 is 29.1 Å². The summed E-state index contributed by atoms with van der Waals surface area (Å²) in [6, 6.07) is 2.92. The van der Waals surface area contributed by atoms with E-state index in [0.29, 0.717) is 17.8 Å². The van der Waals surface area contributed by atoms with Gasteiger partial charge in [0.05, 0.1) is 4.88 Å². The van der Waals surface area contributed by atoms with E-state index in [2.05, 4.69) is 16.0 Å². The lowest BCUT2D eigenvalue weighted by Gasteiger charge is -2.22. The second-order valence-electron chi connectivity index (χ2n) is 5.72. The summed E-state index contributed by atoms with van der Waals surface area (Å²) in [6.07, 6.45) is 1.23. The summed E-state index contributed by atoms with van der Waals surface area (Å²) < 4.78 is 0. The Hall–Kier alpha value is -1.89. The summed E-state index contributed by atoms with van der Waals surface area (Å²) in [5.41, 5.74) is 0. The highest BCUT2D eigenvalue weighted by molar-refractivity contribution is 7.12. The van der Waals surface area contributed by atoms with E-state index in [1.54, 1.807) is 12.1 Å². The van der Waals surface area contributed by atoms with Crippen LogP contribution in [-0.4, -0.2) is 36.3 Å². The molecule has 2 rings (SSSR count).